The molecule has 0 fully saturated rings. The quantitative estimate of drug-likeness (QED) is 0.591. The smallest absolute Gasteiger partial charge is 0.224 e. The number of nitrogens with one attached hydrogen (secondary N) is 1. The number of hydrogen-bond donors (Lipinski definition) is 1. The summed E-state index contributed by atoms with van der Waals surface area (Å²) in [6.45, 7) is 3.68. The van der Waals surface area contributed by atoms with Crippen molar-refractivity contribution in [3.8, 4) is 0 Å². The minimum Gasteiger partial charge on any atom is -0.385 e. The van der Waals surface area contributed by atoms with E-state index in [-0.39, 0.29) is 0 Å². The molecule has 0 saturated carbocycles. The Morgan fingerprint density at radius 3 is 2.94 bits per heavy atom. The molecule has 1 aromatic rings. The predicted molar refractivity (Wildman–Crippen MR) is 66.0 cm³/mol. The number of halogens is 1. The second kappa shape index (κ2) is 7.41. The third-order valence-corrected chi connectivity index (χ3v) is 2.26. The van der Waals surface area contributed by atoms with Crippen LogP contribution in [-0.4, -0.2) is 30.2 Å². The zero-order valence-electron chi connectivity index (χ0n) is 9.79. The Kier molecular flexibility index (Phi) is 6.11. The van der Waals surface area contributed by atoms with Crippen molar-refractivity contribution in [3.63, 3.8) is 0 Å². The first-order valence-electron chi connectivity index (χ1n) is 5.52. The molecule has 1 aromatic heterocycles. The van der Waals surface area contributed by atoms with E-state index >= 15 is 0 Å². The lowest BCUT2D eigenvalue weighted by molar-refractivity contribution is 0.198. The van der Waals surface area contributed by atoms with Gasteiger partial charge in [0.15, 0.2) is 0 Å². The molecular weight excluding hydrogens is 226 g/mol. The van der Waals surface area contributed by atoms with Crippen LogP contribution >= 0.6 is 11.6 Å². The number of hydrogen-bond acceptors (Lipinski definition) is 4. The molecule has 0 unspecified atom stereocenters. The molecule has 0 saturated heterocycles. The summed E-state index contributed by atoms with van der Waals surface area (Å²) in [5.41, 5.74) is 0.983. The highest BCUT2D eigenvalue weighted by atomic mass is 35.5. The van der Waals surface area contributed by atoms with Gasteiger partial charge in [-0.15, -0.1) is 0 Å². The Bertz CT molecular complexity index is 320. The van der Waals surface area contributed by atoms with E-state index in [1.807, 2.05) is 6.07 Å². The molecule has 1 heterocycles. The first-order valence-corrected chi connectivity index (χ1v) is 5.90. The standard InChI is InChI=1S/C11H18ClN3O/c1-3-5-9-8-10(15-11(12)14-9)13-6-4-7-16-2/h8H,3-7H2,1-2H3,(H,13,14,15). The summed E-state index contributed by atoms with van der Waals surface area (Å²) < 4.78 is 4.97. The van der Waals surface area contributed by atoms with Crippen LogP contribution in [0.4, 0.5) is 5.82 Å². The zero-order chi connectivity index (χ0) is 11.8. The first-order chi connectivity index (χ1) is 7.76. The summed E-state index contributed by atoms with van der Waals surface area (Å²) in [4.78, 5) is 8.27. The number of anilines is 1. The van der Waals surface area contributed by atoms with Crippen molar-refractivity contribution in [3.05, 3.63) is 17.0 Å². The van der Waals surface area contributed by atoms with Crippen molar-refractivity contribution in [2.45, 2.75) is 26.2 Å². The molecule has 0 radical (unpaired) electrons. The van der Waals surface area contributed by atoms with Crippen LogP contribution in [0.2, 0.25) is 5.28 Å². The summed E-state index contributed by atoms with van der Waals surface area (Å²) in [7, 11) is 1.70. The summed E-state index contributed by atoms with van der Waals surface area (Å²) in [6, 6.07) is 1.95. The summed E-state index contributed by atoms with van der Waals surface area (Å²) in [6.07, 6.45) is 2.92. The molecular formula is C11H18ClN3O. The Balaban J connectivity index is 2.51. The topological polar surface area (TPSA) is 47.0 Å². The minimum atomic E-state index is 0.306. The molecule has 1 rings (SSSR count). The number of methoxy groups -OCH3 is 1. The lowest BCUT2D eigenvalue weighted by atomic mass is 10.2. The van der Waals surface area contributed by atoms with Crippen molar-refractivity contribution in [2.24, 2.45) is 0 Å². The van der Waals surface area contributed by atoms with Gasteiger partial charge in [0.2, 0.25) is 5.28 Å². The van der Waals surface area contributed by atoms with Crippen LogP contribution in [0.3, 0.4) is 0 Å². The van der Waals surface area contributed by atoms with E-state index in [1.165, 1.54) is 0 Å². The fourth-order valence-electron chi connectivity index (χ4n) is 1.37. The van der Waals surface area contributed by atoms with Gasteiger partial charge in [-0.2, -0.15) is 0 Å². The monoisotopic (exact) mass is 243 g/mol. The molecule has 0 amide bonds. The van der Waals surface area contributed by atoms with Crippen LogP contribution in [0.1, 0.15) is 25.5 Å². The van der Waals surface area contributed by atoms with Gasteiger partial charge in [0.25, 0.3) is 0 Å². The minimum absolute atomic E-state index is 0.306. The van der Waals surface area contributed by atoms with Crippen molar-refractivity contribution in [1.29, 1.82) is 0 Å². The molecule has 0 aliphatic rings. The fourth-order valence-corrected chi connectivity index (χ4v) is 1.57. The third kappa shape index (κ3) is 4.77. The average Bonchev–Trinajstić information content (AvgIpc) is 2.24. The van der Waals surface area contributed by atoms with E-state index in [1.54, 1.807) is 7.11 Å². The molecule has 16 heavy (non-hydrogen) atoms. The molecule has 90 valence electrons. The van der Waals surface area contributed by atoms with E-state index in [0.717, 1.165) is 43.9 Å². The normalized spacial score (nSPS) is 10.4. The average molecular weight is 244 g/mol. The largest absolute Gasteiger partial charge is 0.385 e. The van der Waals surface area contributed by atoms with E-state index in [0.29, 0.717) is 5.28 Å². The molecule has 0 aliphatic carbocycles. The molecule has 5 heteroatoms. The number of nitrogens with zero attached hydrogens (tertiary/aromatic N) is 2. The molecule has 1 N–H and O–H groups in total. The van der Waals surface area contributed by atoms with E-state index in [9.17, 15) is 0 Å². The summed E-state index contributed by atoms with van der Waals surface area (Å²) in [5, 5.41) is 3.51. The second-order valence-electron chi connectivity index (χ2n) is 3.54. The van der Waals surface area contributed by atoms with Gasteiger partial charge in [-0.25, -0.2) is 9.97 Å². The lowest BCUT2D eigenvalue weighted by Crippen LogP contribution is -2.07. The molecule has 0 atom stereocenters. The van der Waals surface area contributed by atoms with Crippen LogP contribution in [-0.2, 0) is 11.2 Å². The number of aryl methyl sites for hydroxylation is 1. The van der Waals surface area contributed by atoms with E-state index in [4.69, 9.17) is 16.3 Å². The molecule has 4 nitrogen and oxygen atoms in total. The Labute approximate surface area is 101 Å². The van der Waals surface area contributed by atoms with Crippen molar-refractivity contribution < 1.29 is 4.74 Å². The highest BCUT2D eigenvalue weighted by molar-refractivity contribution is 6.28. The Hall–Kier alpha value is -0.870. The van der Waals surface area contributed by atoms with Gasteiger partial charge in [-0.3, -0.25) is 0 Å². The third-order valence-electron chi connectivity index (χ3n) is 2.09. The van der Waals surface area contributed by atoms with Crippen molar-refractivity contribution in [1.82, 2.24) is 9.97 Å². The van der Waals surface area contributed by atoms with E-state index < -0.39 is 0 Å². The number of rotatable bonds is 7. The predicted octanol–water partition coefficient (Wildman–Crippen LogP) is 2.53. The van der Waals surface area contributed by atoms with E-state index in [2.05, 4.69) is 22.2 Å². The second-order valence-corrected chi connectivity index (χ2v) is 3.87. The van der Waals surface area contributed by atoms with Gasteiger partial charge in [-0.05, 0) is 24.4 Å². The van der Waals surface area contributed by atoms with Crippen LogP contribution in [0.15, 0.2) is 6.07 Å². The Morgan fingerprint density at radius 1 is 1.44 bits per heavy atom. The van der Waals surface area contributed by atoms with Crippen LogP contribution in [0.25, 0.3) is 0 Å². The van der Waals surface area contributed by atoms with Crippen LogP contribution < -0.4 is 5.32 Å². The maximum absolute atomic E-state index is 5.84. The molecule has 0 bridgehead atoms. The number of aromatic nitrogens is 2. The fraction of sp³-hybridized carbons (Fsp3) is 0.636. The maximum atomic E-state index is 5.84. The zero-order valence-corrected chi connectivity index (χ0v) is 10.5. The lowest BCUT2D eigenvalue weighted by Gasteiger charge is -2.07. The van der Waals surface area contributed by atoms with Gasteiger partial charge >= 0.3 is 0 Å². The van der Waals surface area contributed by atoms with Crippen LogP contribution in [0, 0.1) is 0 Å². The van der Waals surface area contributed by atoms with Gasteiger partial charge in [0.1, 0.15) is 5.82 Å². The number of ether oxygens (including phenoxy) is 1. The Morgan fingerprint density at radius 2 is 2.25 bits per heavy atom. The van der Waals surface area contributed by atoms with Gasteiger partial charge in [0.05, 0.1) is 0 Å². The highest BCUT2D eigenvalue weighted by Crippen LogP contribution is 2.11. The van der Waals surface area contributed by atoms with Gasteiger partial charge < -0.3 is 10.1 Å². The molecule has 0 aromatic carbocycles. The van der Waals surface area contributed by atoms with Gasteiger partial charge in [0, 0.05) is 32.0 Å². The molecule has 0 spiro atoms. The summed E-state index contributed by atoms with van der Waals surface area (Å²) >= 11 is 5.84. The van der Waals surface area contributed by atoms with Crippen molar-refractivity contribution in [2.75, 3.05) is 25.6 Å². The summed E-state index contributed by atoms with van der Waals surface area (Å²) in [5.74, 6) is 0.791. The SMILES string of the molecule is CCCc1cc(NCCCOC)nc(Cl)n1. The van der Waals surface area contributed by atoms with Crippen molar-refractivity contribution >= 4 is 17.4 Å². The molecule has 0 aliphatic heterocycles. The van der Waals surface area contributed by atoms with Gasteiger partial charge in [-0.1, -0.05) is 13.3 Å². The maximum Gasteiger partial charge on any atom is 0.224 e. The van der Waals surface area contributed by atoms with Crippen LogP contribution in [0.5, 0.6) is 0 Å². The highest BCUT2D eigenvalue weighted by Gasteiger charge is 2.01. The first kappa shape index (κ1) is 13.2.